The highest BCUT2D eigenvalue weighted by Gasteiger charge is 2.09. The molecule has 0 saturated heterocycles. The lowest BCUT2D eigenvalue weighted by Gasteiger charge is -2.11. The zero-order valence-corrected chi connectivity index (χ0v) is 16.5. The van der Waals surface area contributed by atoms with Gasteiger partial charge in [0.2, 0.25) is 0 Å². The minimum absolute atomic E-state index is 0.0142. The number of aryl methyl sites for hydroxylation is 1. The van der Waals surface area contributed by atoms with Gasteiger partial charge in [-0.05, 0) is 31.2 Å². The van der Waals surface area contributed by atoms with Gasteiger partial charge in [-0.15, -0.1) is 0 Å². The Hall–Kier alpha value is -3.05. The second-order valence-corrected chi connectivity index (χ2v) is 7.45. The van der Waals surface area contributed by atoms with Crippen LogP contribution in [0.15, 0.2) is 88.7 Å². The van der Waals surface area contributed by atoms with Gasteiger partial charge in [0, 0.05) is 28.3 Å². The Balaban J connectivity index is 1.52. The third-order valence-electron chi connectivity index (χ3n) is 4.12. The van der Waals surface area contributed by atoms with E-state index in [1.54, 1.807) is 11.8 Å². The molecule has 0 aliphatic rings. The Morgan fingerprint density at radius 3 is 2.29 bits per heavy atom. The largest absolute Gasteiger partial charge is 0.337 e. The van der Waals surface area contributed by atoms with Crippen LogP contribution in [0.5, 0.6) is 0 Å². The Kier molecular flexibility index (Phi) is 6.87. The summed E-state index contributed by atoms with van der Waals surface area (Å²) in [5.74, 6) is 0.0142. The Bertz CT molecular complexity index is 940. The summed E-state index contributed by atoms with van der Waals surface area (Å²) in [7, 11) is 0. The fourth-order valence-electron chi connectivity index (χ4n) is 2.61. The first kappa shape index (κ1) is 19.7. The Labute approximate surface area is 169 Å². The number of carbonyl (C=O) groups is 2. The van der Waals surface area contributed by atoms with Gasteiger partial charge in [-0.2, -0.15) is 0 Å². The van der Waals surface area contributed by atoms with Crippen molar-refractivity contribution in [3.8, 4) is 0 Å². The molecule has 0 spiro atoms. The lowest BCUT2D eigenvalue weighted by atomic mass is 10.1. The summed E-state index contributed by atoms with van der Waals surface area (Å²) in [6.07, 6.45) is 0.261. The van der Waals surface area contributed by atoms with Gasteiger partial charge in [-0.3, -0.25) is 4.79 Å². The Morgan fingerprint density at radius 2 is 1.54 bits per heavy atom. The van der Waals surface area contributed by atoms with E-state index in [-0.39, 0.29) is 24.8 Å². The lowest BCUT2D eigenvalue weighted by Crippen LogP contribution is -2.30. The highest BCUT2D eigenvalue weighted by molar-refractivity contribution is 7.99. The van der Waals surface area contributed by atoms with E-state index in [4.69, 9.17) is 0 Å². The molecule has 142 valence electrons. The normalized spacial score (nSPS) is 10.3. The van der Waals surface area contributed by atoms with Crippen LogP contribution in [-0.4, -0.2) is 18.4 Å². The number of urea groups is 1. The van der Waals surface area contributed by atoms with Crippen LogP contribution in [-0.2, 0) is 0 Å². The summed E-state index contributed by atoms with van der Waals surface area (Å²) in [5.41, 5.74) is 2.51. The van der Waals surface area contributed by atoms with Crippen LogP contribution in [0.1, 0.15) is 22.3 Å². The van der Waals surface area contributed by atoms with E-state index in [2.05, 4.69) is 10.6 Å². The van der Waals surface area contributed by atoms with Gasteiger partial charge in [-0.25, -0.2) is 4.79 Å². The number of hydrogen-bond acceptors (Lipinski definition) is 3. The highest BCUT2D eigenvalue weighted by atomic mass is 32.2. The number of Topliss-reactive ketones (excluding diaryl/α,β-unsaturated/α-hetero) is 1. The van der Waals surface area contributed by atoms with Crippen LogP contribution in [0.2, 0.25) is 0 Å². The number of anilines is 1. The quantitative estimate of drug-likeness (QED) is 0.521. The van der Waals surface area contributed by atoms with Crippen molar-refractivity contribution in [3.63, 3.8) is 0 Å². The molecule has 3 aromatic rings. The molecule has 0 aliphatic heterocycles. The van der Waals surface area contributed by atoms with Gasteiger partial charge in [0.1, 0.15) is 0 Å². The second kappa shape index (κ2) is 9.76. The molecular formula is C23H22N2O2S. The molecule has 3 rings (SSSR count). The fourth-order valence-corrected chi connectivity index (χ4v) is 3.54. The van der Waals surface area contributed by atoms with Crippen LogP contribution >= 0.6 is 11.8 Å². The summed E-state index contributed by atoms with van der Waals surface area (Å²) in [4.78, 5) is 26.5. The molecule has 2 N–H and O–H groups in total. The van der Waals surface area contributed by atoms with E-state index in [0.29, 0.717) is 5.56 Å². The summed E-state index contributed by atoms with van der Waals surface area (Å²) in [6.45, 7) is 2.26. The molecule has 0 radical (unpaired) electrons. The number of nitrogens with one attached hydrogen (secondary N) is 2. The average Bonchev–Trinajstić information content (AvgIpc) is 2.71. The third kappa shape index (κ3) is 5.72. The number of amides is 2. The van der Waals surface area contributed by atoms with Crippen LogP contribution < -0.4 is 10.6 Å². The van der Waals surface area contributed by atoms with Crippen LogP contribution in [0.3, 0.4) is 0 Å². The van der Waals surface area contributed by atoms with Crippen LogP contribution in [0.4, 0.5) is 10.5 Å². The summed E-state index contributed by atoms with van der Waals surface area (Å²) >= 11 is 1.59. The molecule has 3 aromatic carbocycles. The predicted octanol–water partition coefficient (Wildman–Crippen LogP) is 5.54. The minimum Gasteiger partial charge on any atom is -0.337 e. The van der Waals surface area contributed by atoms with Gasteiger partial charge in [0.25, 0.3) is 0 Å². The number of para-hydroxylation sites is 1. The van der Waals surface area contributed by atoms with Crippen LogP contribution in [0.25, 0.3) is 0 Å². The van der Waals surface area contributed by atoms with Gasteiger partial charge in [-0.1, -0.05) is 71.9 Å². The van der Waals surface area contributed by atoms with Gasteiger partial charge >= 0.3 is 6.03 Å². The van der Waals surface area contributed by atoms with Crippen molar-refractivity contribution >= 4 is 29.3 Å². The standard InChI is InChI=1S/C23H22N2O2S/c1-17-11-13-18(14-12-17)21(26)15-16-24-23(27)25-20-9-5-6-10-22(20)28-19-7-3-2-4-8-19/h2-14H,15-16H2,1H3,(H2,24,25,27). The van der Waals surface area contributed by atoms with Gasteiger partial charge in [0.15, 0.2) is 5.78 Å². The molecule has 4 nitrogen and oxygen atoms in total. The molecule has 28 heavy (non-hydrogen) atoms. The zero-order chi connectivity index (χ0) is 19.8. The van der Waals surface area contributed by atoms with Crippen molar-refractivity contribution in [2.75, 3.05) is 11.9 Å². The molecular weight excluding hydrogens is 368 g/mol. The van der Waals surface area contributed by atoms with Crippen molar-refractivity contribution in [2.24, 2.45) is 0 Å². The molecule has 0 fully saturated rings. The zero-order valence-electron chi connectivity index (χ0n) is 15.6. The van der Waals surface area contributed by atoms with E-state index >= 15 is 0 Å². The van der Waals surface area contributed by atoms with Gasteiger partial charge in [0.05, 0.1) is 5.69 Å². The van der Waals surface area contributed by atoms with E-state index in [1.807, 2.05) is 85.8 Å². The average molecular weight is 391 g/mol. The van der Waals surface area contributed by atoms with Crippen molar-refractivity contribution < 1.29 is 9.59 Å². The molecule has 0 bridgehead atoms. The maximum atomic E-state index is 12.2. The monoisotopic (exact) mass is 390 g/mol. The van der Waals surface area contributed by atoms with E-state index < -0.39 is 0 Å². The Morgan fingerprint density at radius 1 is 0.857 bits per heavy atom. The lowest BCUT2D eigenvalue weighted by molar-refractivity contribution is 0.0983. The molecule has 0 aliphatic carbocycles. The second-order valence-electron chi connectivity index (χ2n) is 6.33. The molecule has 0 unspecified atom stereocenters. The highest BCUT2D eigenvalue weighted by Crippen LogP contribution is 2.33. The smallest absolute Gasteiger partial charge is 0.319 e. The first-order valence-electron chi connectivity index (χ1n) is 9.08. The molecule has 0 saturated carbocycles. The molecule has 0 heterocycles. The predicted molar refractivity (Wildman–Crippen MR) is 114 cm³/mol. The number of benzene rings is 3. The summed E-state index contributed by atoms with van der Waals surface area (Å²) in [5, 5.41) is 5.62. The van der Waals surface area contributed by atoms with Crippen LogP contribution in [0, 0.1) is 6.92 Å². The number of hydrogen-bond donors (Lipinski definition) is 2. The topological polar surface area (TPSA) is 58.2 Å². The maximum Gasteiger partial charge on any atom is 0.319 e. The van der Waals surface area contributed by atoms with Crippen molar-refractivity contribution in [2.45, 2.75) is 23.1 Å². The molecule has 5 heteroatoms. The molecule has 2 amide bonds. The summed E-state index contributed by atoms with van der Waals surface area (Å²) in [6, 6.07) is 24.8. The molecule has 0 atom stereocenters. The SMILES string of the molecule is Cc1ccc(C(=O)CCNC(=O)Nc2ccccc2Sc2ccccc2)cc1. The van der Waals surface area contributed by atoms with E-state index in [9.17, 15) is 9.59 Å². The van der Waals surface area contributed by atoms with E-state index in [1.165, 1.54) is 0 Å². The van der Waals surface area contributed by atoms with Crippen molar-refractivity contribution in [1.82, 2.24) is 5.32 Å². The number of rotatable bonds is 7. The van der Waals surface area contributed by atoms with Crippen molar-refractivity contribution in [3.05, 3.63) is 90.0 Å². The van der Waals surface area contributed by atoms with Crippen molar-refractivity contribution in [1.29, 1.82) is 0 Å². The van der Waals surface area contributed by atoms with E-state index in [0.717, 1.165) is 21.0 Å². The third-order valence-corrected chi connectivity index (χ3v) is 5.20. The van der Waals surface area contributed by atoms with Gasteiger partial charge < -0.3 is 10.6 Å². The fraction of sp³-hybridized carbons (Fsp3) is 0.130. The number of carbonyl (C=O) groups excluding carboxylic acids is 2. The maximum absolute atomic E-state index is 12.2. The molecule has 0 aromatic heterocycles. The minimum atomic E-state index is -0.321. The summed E-state index contributed by atoms with van der Waals surface area (Å²) < 4.78 is 0. The first-order valence-corrected chi connectivity index (χ1v) is 9.90. The number of ketones is 1. The first-order chi connectivity index (χ1) is 13.6.